The van der Waals surface area contributed by atoms with Crippen LogP contribution in [0.2, 0.25) is 0 Å². The molecule has 1 amide bonds. The van der Waals surface area contributed by atoms with Gasteiger partial charge in [-0.25, -0.2) is 9.97 Å². The molecule has 1 saturated heterocycles. The predicted molar refractivity (Wildman–Crippen MR) is 85.9 cm³/mol. The SMILES string of the molecule is CN1CCN(C(=O)c2cc(NC3CCCCC3)ncn2)CC1. The van der Waals surface area contributed by atoms with E-state index in [2.05, 4.69) is 27.2 Å². The minimum absolute atomic E-state index is 0.0159. The Kier molecular flexibility index (Phi) is 4.87. The third kappa shape index (κ3) is 3.74. The first-order valence-electron chi connectivity index (χ1n) is 8.29. The van der Waals surface area contributed by atoms with Crippen LogP contribution < -0.4 is 5.32 Å². The van der Waals surface area contributed by atoms with Crippen molar-refractivity contribution in [3.63, 3.8) is 0 Å². The zero-order valence-corrected chi connectivity index (χ0v) is 13.3. The lowest BCUT2D eigenvalue weighted by atomic mass is 9.95. The monoisotopic (exact) mass is 303 g/mol. The van der Waals surface area contributed by atoms with Crippen LogP contribution in [0.1, 0.15) is 42.6 Å². The van der Waals surface area contributed by atoms with E-state index in [-0.39, 0.29) is 5.91 Å². The maximum absolute atomic E-state index is 12.5. The van der Waals surface area contributed by atoms with Gasteiger partial charge in [0.05, 0.1) is 0 Å². The molecular weight excluding hydrogens is 278 g/mol. The molecule has 1 aromatic heterocycles. The second kappa shape index (κ2) is 7.05. The summed E-state index contributed by atoms with van der Waals surface area (Å²) in [6.07, 6.45) is 7.74. The van der Waals surface area contributed by atoms with E-state index in [0.717, 1.165) is 32.0 Å². The van der Waals surface area contributed by atoms with Gasteiger partial charge in [-0.15, -0.1) is 0 Å². The van der Waals surface area contributed by atoms with Crippen molar-refractivity contribution < 1.29 is 4.79 Å². The standard InChI is InChI=1S/C16H25N5O/c1-20-7-9-21(10-8-20)16(22)14-11-15(18-12-17-14)19-13-5-3-2-4-6-13/h11-13H,2-10H2,1H3,(H,17,18,19). The molecule has 1 aromatic rings. The Balaban J connectivity index is 1.63. The Hall–Kier alpha value is -1.69. The Bertz CT molecular complexity index is 507. The van der Waals surface area contributed by atoms with Gasteiger partial charge in [-0.3, -0.25) is 4.79 Å². The average Bonchev–Trinajstić information content (AvgIpc) is 2.56. The van der Waals surface area contributed by atoms with Crippen LogP contribution in [0.25, 0.3) is 0 Å². The van der Waals surface area contributed by atoms with Crippen LogP contribution in [-0.2, 0) is 0 Å². The topological polar surface area (TPSA) is 61.4 Å². The van der Waals surface area contributed by atoms with Crippen molar-refractivity contribution in [2.75, 3.05) is 38.5 Å². The van der Waals surface area contributed by atoms with Crippen LogP contribution >= 0.6 is 0 Å². The van der Waals surface area contributed by atoms with Crippen LogP contribution in [0.4, 0.5) is 5.82 Å². The third-order valence-corrected chi connectivity index (χ3v) is 4.63. The zero-order valence-electron chi connectivity index (χ0n) is 13.3. The maximum Gasteiger partial charge on any atom is 0.272 e. The molecule has 1 aliphatic carbocycles. The minimum atomic E-state index is 0.0159. The van der Waals surface area contributed by atoms with Gasteiger partial charge in [-0.05, 0) is 19.9 Å². The van der Waals surface area contributed by atoms with Gasteiger partial charge in [0.25, 0.3) is 5.91 Å². The molecule has 120 valence electrons. The van der Waals surface area contributed by atoms with Gasteiger partial charge in [-0.1, -0.05) is 19.3 Å². The fraction of sp³-hybridized carbons (Fsp3) is 0.688. The van der Waals surface area contributed by atoms with Crippen LogP contribution in [0.15, 0.2) is 12.4 Å². The van der Waals surface area contributed by atoms with Crippen molar-refractivity contribution in [1.29, 1.82) is 0 Å². The van der Waals surface area contributed by atoms with E-state index < -0.39 is 0 Å². The first-order chi connectivity index (χ1) is 10.7. The van der Waals surface area contributed by atoms with E-state index >= 15 is 0 Å². The highest BCUT2D eigenvalue weighted by molar-refractivity contribution is 5.93. The lowest BCUT2D eigenvalue weighted by molar-refractivity contribution is 0.0658. The van der Waals surface area contributed by atoms with Gasteiger partial charge in [0.1, 0.15) is 17.8 Å². The summed E-state index contributed by atoms with van der Waals surface area (Å²) in [4.78, 5) is 25.1. The van der Waals surface area contributed by atoms with E-state index in [4.69, 9.17) is 0 Å². The molecule has 3 rings (SSSR count). The molecule has 6 heteroatoms. The van der Waals surface area contributed by atoms with Gasteiger partial charge in [-0.2, -0.15) is 0 Å². The largest absolute Gasteiger partial charge is 0.367 e. The van der Waals surface area contributed by atoms with Crippen molar-refractivity contribution in [1.82, 2.24) is 19.8 Å². The number of piperazine rings is 1. The number of amides is 1. The summed E-state index contributed by atoms with van der Waals surface area (Å²) < 4.78 is 0. The molecule has 0 atom stereocenters. The molecule has 1 saturated carbocycles. The fourth-order valence-electron chi connectivity index (χ4n) is 3.18. The lowest BCUT2D eigenvalue weighted by Crippen LogP contribution is -2.47. The Morgan fingerprint density at radius 3 is 2.59 bits per heavy atom. The predicted octanol–water partition coefficient (Wildman–Crippen LogP) is 1.61. The number of nitrogens with zero attached hydrogens (tertiary/aromatic N) is 4. The zero-order chi connectivity index (χ0) is 15.4. The Morgan fingerprint density at radius 2 is 1.86 bits per heavy atom. The molecule has 2 heterocycles. The molecule has 2 aliphatic rings. The molecule has 1 N–H and O–H groups in total. The quantitative estimate of drug-likeness (QED) is 0.919. The molecule has 22 heavy (non-hydrogen) atoms. The van der Waals surface area contributed by atoms with E-state index in [1.165, 1.54) is 38.4 Å². The number of likely N-dealkylation sites (N-methyl/N-ethyl adjacent to an activating group) is 1. The maximum atomic E-state index is 12.5. The van der Waals surface area contributed by atoms with Crippen LogP contribution in [0, 0.1) is 0 Å². The first kappa shape index (κ1) is 15.2. The first-order valence-corrected chi connectivity index (χ1v) is 8.29. The number of carbonyl (C=O) groups excluding carboxylic acids is 1. The van der Waals surface area contributed by atoms with Crippen LogP contribution in [-0.4, -0.2) is 64.9 Å². The van der Waals surface area contributed by atoms with Crippen molar-refractivity contribution in [3.8, 4) is 0 Å². The minimum Gasteiger partial charge on any atom is -0.367 e. The molecule has 0 bridgehead atoms. The number of carbonyl (C=O) groups is 1. The molecular formula is C16H25N5O. The van der Waals surface area contributed by atoms with Crippen LogP contribution in [0.5, 0.6) is 0 Å². The molecule has 0 radical (unpaired) electrons. The summed E-state index contributed by atoms with van der Waals surface area (Å²) >= 11 is 0. The number of aromatic nitrogens is 2. The Labute approximate surface area is 131 Å². The highest BCUT2D eigenvalue weighted by Crippen LogP contribution is 2.21. The van der Waals surface area contributed by atoms with Crippen molar-refractivity contribution >= 4 is 11.7 Å². The second-order valence-corrected chi connectivity index (χ2v) is 6.36. The fourth-order valence-corrected chi connectivity index (χ4v) is 3.18. The van der Waals surface area contributed by atoms with Crippen LogP contribution in [0.3, 0.4) is 0 Å². The summed E-state index contributed by atoms with van der Waals surface area (Å²) in [5, 5.41) is 3.46. The average molecular weight is 303 g/mol. The summed E-state index contributed by atoms with van der Waals surface area (Å²) in [5.74, 6) is 0.793. The normalized spacial score (nSPS) is 20.9. The molecule has 0 aromatic carbocycles. The van der Waals surface area contributed by atoms with Crippen molar-refractivity contribution in [2.45, 2.75) is 38.1 Å². The van der Waals surface area contributed by atoms with Crippen molar-refractivity contribution in [2.24, 2.45) is 0 Å². The summed E-state index contributed by atoms with van der Waals surface area (Å²) in [5.41, 5.74) is 0.498. The second-order valence-electron chi connectivity index (χ2n) is 6.36. The van der Waals surface area contributed by atoms with E-state index in [9.17, 15) is 4.79 Å². The van der Waals surface area contributed by atoms with E-state index in [0.29, 0.717) is 11.7 Å². The Morgan fingerprint density at radius 1 is 1.14 bits per heavy atom. The molecule has 2 fully saturated rings. The summed E-state index contributed by atoms with van der Waals surface area (Å²) in [6, 6.07) is 2.28. The number of hydrogen-bond donors (Lipinski definition) is 1. The van der Waals surface area contributed by atoms with Gasteiger partial charge < -0.3 is 15.1 Å². The van der Waals surface area contributed by atoms with Gasteiger partial charge in [0, 0.05) is 38.3 Å². The number of anilines is 1. The van der Waals surface area contributed by atoms with Crippen molar-refractivity contribution in [3.05, 3.63) is 18.1 Å². The van der Waals surface area contributed by atoms with E-state index in [1.807, 2.05) is 4.90 Å². The lowest BCUT2D eigenvalue weighted by Gasteiger charge is -2.32. The molecule has 0 unspecified atom stereocenters. The summed E-state index contributed by atoms with van der Waals surface area (Å²) in [6.45, 7) is 3.38. The molecule has 0 spiro atoms. The summed E-state index contributed by atoms with van der Waals surface area (Å²) in [7, 11) is 2.08. The van der Waals surface area contributed by atoms with Gasteiger partial charge in [0.15, 0.2) is 0 Å². The smallest absolute Gasteiger partial charge is 0.272 e. The highest BCUT2D eigenvalue weighted by Gasteiger charge is 2.22. The number of nitrogens with one attached hydrogen (secondary N) is 1. The third-order valence-electron chi connectivity index (χ3n) is 4.63. The number of rotatable bonds is 3. The van der Waals surface area contributed by atoms with Gasteiger partial charge >= 0.3 is 0 Å². The molecule has 6 nitrogen and oxygen atoms in total. The number of hydrogen-bond acceptors (Lipinski definition) is 5. The van der Waals surface area contributed by atoms with Gasteiger partial charge in [0.2, 0.25) is 0 Å². The highest BCUT2D eigenvalue weighted by atomic mass is 16.2. The molecule has 1 aliphatic heterocycles. The van der Waals surface area contributed by atoms with E-state index in [1.54, 1.807) is 6.07 Å².